The average Bonchev–Trinajstić information content (AvgIpc) is 3.44. The molecule has 3 heterocycles. The van der Waals surface area contributed by atoms with Gasteiger partial charge in [-0.1, -0.05) is 23.8 Å². The van der Waals surface area contributed by atoms with Crippen LogP contribution in [0.4, 0.5) is 4.39 Å². The molecule has 1 saturated heterocycles. The molecule has 0 radical (unpaired) electrons. The van der Waals surface area contributed by atoms with Crippen molar-refractivity contribution in [3.8, 4) is 0 Å². The molecule has 5 rings (SSSR count). The number of tetrazole rings is 1. The van der Waals surface area contributed by atoms with Gasteiger partial charge >= 0.3 is 0 Å². The molecule has 1 aliphatic rings. The van der Waals surface area contributed by atoms with E-state index in [4.69, 9.17) is 0 Å². The second-order valence-electron chi connectivity index (χ2n) is 8.57. The van der Waals surface area contributed by atoms with Gasteiger partial charge in [0.1, 0.15) is 11.9 Å². The van der Waals surface area contributed by atoms with Crippen molar-refractivity contribution >= 4 is 10.9 Å². The van der Waals surface area contributed by atoms with Crippen LogP contribution in [0, 0.1) is 19.7 Å². The third-order valence-electron chi connectivity index (χ3n) is 6.17. The van der Waals surface area contributed by atoms with Crippen molar-refractivity contribution in [2.75, 3.05) is 13.1 Å². The quantitative estimate of drug-likeness (QED) is 0.522. The fraction of sp³-hybridized carbons (Fsp3) is 0.333. The number of nitrogens with one attached hydrogen (secondary N) is 1. The minimum Gasteiger partial charge on any atom is -0.321 e. The van der Waals surface area contributed by atoms with E-state index in [9.17, 15) is 9.18 Å². The molecule has 7 nitrogen and oxygen atoms in total. The van der Waals surface area contributed by atoms with Crippen molar-refractivity contribution in [1.82, 2.24) is 30.1 Å². The molecule has 2 aromatic carbocycles. The Bertz CT molecular complexity index is 1320. The maximum atomic E-state index is 13.3. The molecular formula is C24H25FN6O. The Morgan fingerprint density at radius 3 is 2.59 bits per heavy atom. The lowest BCUT2D eigenvalue weighted by atomic mass is 10.0. The molecule has 4 aromatic rings. The number of aromatic nitrogens is 5. The van der Waals surface area contributed by atoms with E-state index in [-0.39, 0.29) is 17.4 Å². The third kappa shape index (κ3) is 3.82. The Balaban J connectivity index is 1.62. The van der Waals surface area contributed by atoms with E-state index in [1.807, 2.05) is 13.0 Å². The summed E-state index contributed by atoms with van der Waals surface area (Å²) in [6.45, 7) is 6.21. The lowest BCUT2D eigenvalue weighted by Crippen LogP contribution is -2.33. The maximum Gasteiger partial charge on any atom is 0.253 e. The number of rotatable bonds is 5. The number of halogens is 1. The second-order valence-corrected chi connectivity index (χ2v) is 8.57. The molecule has 2 aromatic heterocycles. The highest BCUT2D eigenvalue weighted by Gasteiger charge is 2.32. The first kappa shape index (κ1) is 20.5. The molecule has 0 bridgehead atoms. The van der Waals surface area contributed by atoms with Crippen LogP contribution in [0.15, 0.2) is 47.3 Å². The number of H-pyrrole nitrogens is 1. The fourth-order valence-electron chi connectivity index (χ4n) is 4.69. The van der Waals surface area contributed by atoms with E-state index in [0.717, 1.165) is 53.5 Å². The van der Waals surface area contributed by atoms with Gasteiger partial charge in [-0.05, 0) is 91.0 Å². The van der Waals surface area contributed by atoms with Crippen LogP contribution >= 0.6 is 0 Å². The Kier molecular flexibility index (Phi) is 5.30. The van der Waals surface area contributed by atoms with Crippen molar-refractivity contribution in [2.24, 2.45) is 0 Å². The van der Waals surface area contributed by atoms with E-state index in [0.29, 0.717) is 17.9 Å². The smallest absolute Gasteiger partial charge is 0.253 e. The van der Waals surface area contributed by atoms with Gasteiger partial charge in [0, 0.05) is 5.56 Å². The van der Waals surface area contributed by atoms with Crippen LogP contribution in [-0.2, 0) is 6.54 Å². The van der Waals surface area contributed by atoms with Crippen molar-refractivity contribution < 1.29 is 4.39 Å². The molecule has 1 aliphatic heterocycles. The standard InChI is InChI=1S/C24H25FN6O/c1-15-11-16(2)21-18(12-15)13-20(24(32)26-21)22(30-9-3-4-10-30)23-27-28-29-31(23)14-17-5-7-19(25)8-6-17/h5-8,11-13,22H,3-4,9-10,14H2,1-2H3,(H,26,32)/t22-/m0/s1. The van der Waals surface area contributed by atoms with Crippen molar-refractivity contribution in [3.05, 3.63) is 86.7 Å². The number of fused-ring (bicyclic) bond motifs is 1. The maximum absolute atomic E-state index is 13.3. The number of hydrogen-bond donors (Lipinski definition) is 1. The largest absolute Gasteiger partial charge is 0.321 e. The van der Waals surface area contributed by atoms with Crippen LogP contribution in [-0.4, -0.2) is 43.2 Å². The normalized spacial score (nSPS) is 15.5. The number of aromatic amines is 1. The van der Waals surface area contributed by atoms with Crippen molar-refractivity contribution in [3.63, 3.8) is 0 Å². The summed E-state index contributed by atoms with van der Waals surface area (Å²) < 4.78 is 15.0. The zero-order chi connectivity index (χ0) is 22.2. The molecule has 0 spiro atoms. The molecule has 0 saturated carbocycles. The first-order valence-corrected chi connectivity index (χ1v) is 10.9. The van der Waals surface area contributed by atoms with Crippen molar-refractivity contribution in [2.45, 2.75) is 39.3 Å². The Labute approximate surface area is 184 Å². The molecule has 1 N–H and O–H groups in total. The van der Waals surface area contributed by atoms with Gasteiger partial charge in [-0.3, -0.25) is 9.69 Å². The predicted molar refractivity (Wildman–Crippen MR) is 120 cm³/mol. The molecule has 0 aliphatic carbocycles. The Morgan fingerprint density at radius 1 is 1.09 bits per heavy atom. The van der Waals surface area contributed by atoms with Gasteiger partial charge in [0.2, 0.25) is 0 Å². The lowest BCUT2D eigenvalue weighted by Gasteiger charge is -2.26. The summed E-state index contributed by atoms with van der Waals surface area (Å²) in [4.78, 5) is 18.6. The van der Waals surface area contributed by atoms with Gasteiger partial charge in [0.15, 0.2) is 5.82 Å². The number of benzene rings is 2. The molecule has 1 atom stereocenters. The summed E-state index contributed by atoms with van der Waals surface area (Å²) in [7, 11) is 0. The highest BCUT2D eigenvalue weighted by Crippen LogP contribution is 2.30. The number of likely N-dealkylation sites (tertiary alicyclic amines) is 1. The number of pyridine rings is 1. The topological polar surface area (TPSA) is 79.7 Å². The molecule has 0 amide bonds. The highest BCUT2D eigenvalue weighted by atomic mass is 19.1. The lowest BCUT2D eigenvalue weighted by molar-refractivity contribution is 0.263. The Hall–Kier alpha value is -3.39. The van der Waals surface area contributed by atoms with Crippen LogP contribution in [0.3, 0.4) is 0 Å². The first-order valence-electron chi connectivity index (χ1n) is 10.9. The molecule has 1 fully saturated rings. The van der Waals surface area contributed by atoms with Crippen LogP contribution in [0.5, 0.6) is 0 Å². The van der Waals surface area contributed by atoms with E-state index < -0.39 is 0 Å². The minimum absolute atomic E-state index is 0.127. The zero-order valence-electron chi connectivity index (χ0n) is 18.2. The Morgan fingerprint density at radius 2 is 1.84 bits per heavy atom. The first-order chi connectivity index (χ1) is 15.5. The third-order valence-corrected chi connectivity index (χ3v) is 6.17. The van der Waals surface area contributed by atoms with Gasteiger partial charge < -0.3 is 4.98 Å². The second kappa shape index (κ2) is 8.27. The van der Waals surface area contributed by atoms with E-state index >= 15 is 0 Å². The monoisotopic (exact) mass is 432 g/mol. The highest BCUT2D eigenvalue weighted by molar-refractivity contribution is 5.83. The summed E-state index contributed by atoms with van der Waals surface area (Å²) in [6, 6.07) is 12.1. The number of nitrogens with zero attached hydrogens (tertiary/aromatic N) is 5. The summed E-state index contributed by atoms with van der Waals surface area (Å²) in [5.41, 5.74) is 4.45. The van der Waals surface area contributed by atoms with Crippen molar-refractivity contribution in [1.29, 1.82) is 0 Å². The SMILES string of the molecule is Cc1cc(C)c2[nH]c(=O)c([C@@H](c3nnnn3Cc3ccc(F)cc3)N3CCCC3)cc2c1. The van der Waals surface area contributed by atoms with Crippen LogP contribution < -0.4 is 5.56 Å². The van der Waals surface area contributed by atoms with Crippen LogP contribution in [0.25, 0.3) is 10.9 Å². The molecular weight excluding hydrogens is 407 g/mol. The van der Waals surface area contributed by atoms with E-state index in [1.54, 1.807) is 16.8 Å². The summed E-state index contributed by atoms with van der Waals surface area (Å²) in [6.07, 6.45) is 2.14. The molecule has 164 valence electrons. The molecule has 0 unspecified atom stereocenters. The zero-order valence-corrected chi connectivity index (χ0v) is 18.2. The van der Waals surface area contributed by atoms with E-state index in [1.165, 1.54) is 12.1 Å². The average molecular weight is 433 g/mol. The molecule has 8 heteroatoms. The molecule has 32 heavy (non-hydrogen) atoms. The van der Waals surface area contributed by atoms with Crippen LogP contribution in [0.1, 0.15) is 47.0 Å². The van der Waals surface area contributed by atoms with Gasteiger partial charge in [-0.25, -0.2) is 9.07 Å². The van der Waals surface area contributed by atoms with Gasteiger partial charge in [-0.15, -0.1) is 5.10 Å². The minimum atomic E-state index is -0.359. The summed E-state index contributed by atoms with van der Waals surface area (Å²) in [5.74, 6) is 0.333. The predicted octanol–water partition coefficient (Wildman–Crippen LogP) is 3.50. The number of aryl methyl sites for hydroxylation is 2. The summed E-state index contributed by atoms with van der Waals surface area (Å²) in [5, 5.41) is 13.5. The van der Waals surface area contributed by atoms with Gasteiger partial charge in [0.25, 0.3) is 5.56 Å². The van der Waals surface area contributed by atoms with Gasteiger partial charge in [-0.2, -0.15) is 0 Å². The van der Waals surface area contributed by atoms with Gasteiger partial charge in [0.05, 0.1) is 12.1 Å². The fourth-order valence-corrected chi connectivity index (χ4v) is 4.69. The van der Waals surface area contributed by atoms with Crippen LogP contribution in [0.2, 0.25) is 0 Å². The van der Waals surface area contributed by atoms with E-state index in [2.05, 4.69) is 44.5 Å². The summed E-state index contributed by atoms with van der Waals surface area (Å²) >= 11 is 0. The number of hydrogen-bond acceptors (Lipinski definition) is 5.